The van der Waals surface area contributed by atoms with Gasteiger partial charge in [0.15, 0.2) is 0 Å². The van der Waals surface area contributed by atoms with E-state index in [9.17, 15) is 0 Å². The third-order valence-corrected chi connectivity index (χ3v) is 0. The van der Waals surface area contributed by atoms with Crippen LogP contribution in [0.2, 0.25) is 0 Å². The van der Waals surface area contributed by atoms with Crippen molar-refractivity contribution in [1.82, 2.24) is 0 Å². The largest absolute Gasteiger partial charge is 0.106 e. The van der Waals surface area contributed by atoms with Crippen molar-refractivity contribution >= 4 is 11.0 Å². The minimum absolute atomic E-state index is 0. The van der Waals surface area contributed by atoms with Crippen LogP contribution in [0.15, 0.2) is 13.2 Å². The summed E-state index contributed by atoms with van der Waals surface area (Å²) >= 11 is 0. The van der Waals surface area contributed by atoms with Crippen LogP contribution in [-0.4, -0.2) is 11.0 Å². The Balaban J connectivity index is -0.00000000500. The average molecular weight is 68.2 g/mol. The van der Waals surface area contributed by atoms with Crippen LogP contribution < -0.4 is 0 Å². The van der Waals surface area contributed by atoms with Gasteiger partial charge >= 0.3 is 0 Å². The van der Waals surface area contributed by atoms with Crippen LogP contribution in [0.4, 0.5) is 0 Å². The van der Waals surface area contributed by atoms with Crippen molar-refractivity contribution in [1.29, 1.82) is 0 Å². The molecule has 0 aromatic heterocycles. The maximum absolute atomic E-state index is 3.00. The summed E-state index contributed by atoms with van der Waals surface area (Å²) in [5.74, 6) is 0. The molecule has 0 heterocycles. The second-order valence-electron chi connectivity index (χ2n) is 0. The van der Waals surface area contributed by atoms with Crippen LogP contribution in [0.3, 0.4) is 0 Å². The molecule has 20 valence electrons. The van der Waals surface area contributed by atoms with E-state index in [-0.39, 0.29) is 18.4 Å². The Morgan fingerprint density at radius 2 is 1.00 bits per heavy atom. The fourth-order valence-electron chi connectivity index (χ4n) is 0. The van der Waals surface area contributed by atoms with Gasteiger partial charge in [0.1, 0.15) is 0 Å². The molecule has 0 aliphatic rings. The van der Waals surface area contributed by atoms with E-state index in [4.69, 9.17) is 0 Å². The van der Waals surface area contributed by atoms with Gasteiger partial charge in [-0.1, -0.05) is 0 Å². The van der Waals surface area contributed by atoms with Gasteiger partial charge in [-0.2, -0.15) is 0 Å². The second-order valence-corrected chi connectivity index (χ2v) is 0. The van der Waals surface area contributed by atoms with Crippen molar-refractivity contribution in [3.8, 4) is 0 Å². The van der Waals surface area contributed by atoms with Crippen molar-refractivity contribution in [2.45, 2.75) is 0 Å². The summed E-state index contributed by atoms with van der Waals surface area (Å²) < 4.78 is 0. The number of rotatable bonds is 0. The zero-order valence-electron chi connectivity index (χ0n) is 2.41. The average Bonchev–Trinajstić information content (AvgIpc) is 1.00. The highest BCUT2D eigenvalue weighted by atomic mass is 28.1. The standard InChI is InChI=1S/C2H4.C.Si/c1-2;;/h1-2H2;;. The molecule has 0 rings (SSSR count). The molecule has 0 nitrogen and oxygen atoms in total. The predicted octanol–water partition coefficient (Wildman–Crippen LogP) is 0.503. The van der Waals surface area contributed by atoms with Crippen molar-refractivity contribution in [3.63, 3.8) is 0 Å². The molecule has 0 unspecified atom stereocenters. The normalized spacial score (nSPS) is 1.00. The van der Waals surface area contributed by atoms with Gasteiger partial charge < -0.3 is 0 Å². The highest BCUT2D eigenvalue weighted by Gasteiger charge is 0.601. The van der Waals surface area contributed by atoms with Crippen LogP contribution in [-0.2, 0) is 0 Å². The van der Waals surface area contributed by atoms with E-state index < -0.39 is 0 Å². The molecular weight excluding hydrogens is 64.1 g/mol. The smallest absolute Gasteiger partial charge is 0 e. The minimum atomic E-state index is 0. The van der Waals surface area contributed by atoms with E-state index >= 15 is 0 Å². The predicted molar refractivity (Wildman–Crippen MR) is 20.3 cm³/mol. The van der Waals surface area contributed by atoms with Gasteiger partial charge in [-0.3, -0.25) is 0 Å². The molecule has 0 aliphatic carbocycles. The molecule has 0 N–H and O–H groups in total. The monoisotopic (exact) mass is 68.0 g/mol. The molecule has 4 heavy (non-hydrogen) atoms. The maximum Gasteiger partial charge on any atom is 0 e. The first-order valence-electron chi connectivity index (χ1n) is 0.500. The zero-order chi connectivity index (χ0) is 2.00. The molecule has 8 radical (unpaired) electrons. The van der Waals surface area contributed by atoms with Gasteiger partial charge in [0.2, 0.25) is 0 Å². The maximum atomic E-state index is 3.00. The first-order chi connectivity index (χ1) is 1.00. The van der Waals surface area contributed by atoms with Gasteiger partial charge in [-0.05, 0) is 0 Å². The Bertz CT molecular complexity index is 3.25. The Morgan fingerprint density at radius 1 is 1.00 bits per heavy atom. The Morgan fingerprint density at radius 3 is 1.00 bits per heavy atom. The zero-order valence-corrected chi connectivity index (χ0v) is 3.41. The highest BCUT2D eigenvalue weighted by molar-refractivity contribution is 5.75. The number of hydrogen-bond acceptors (Lipinski definition) is 0. The molecule has 0 spiro atoms. The van der Waals surface area contributed by atoms with Crippen LogP contribution in [0.25, 0.3) is 0 Å². The Hall–Kier alpha value is -0.0431. The Kier molecular flexibility index (Phi) is 57500. The second kappa shape index (κ2) is 6090. The van der Waals surface area contributed by atoms with Gasteiger partial charge in [-0.15, -0.1) is 13.2 Å². The van der Waals surface area contributed by atoms with Crippen LogP contribution >= 0.6 is 0 Å². The summed E-state index contributed by atoms with van der Waals surface area (Å²) in [4.78, 5) is 0. The SMILES string of the molecule is C=C.[C].[Si]. The van der Waals surface area contributed by atoms with Crippen molar-refractivity contribution in [2.75, 3.05) is 0 Å². The molecule has 0 aliphatic heterocycles. The van der Waals surface area contributed by atoms with E-state index in [1.54, 1.807) is 0 Å². The first kappa shape index (κ1) is 37.8. The van der Waals surface area contributed by atoms with E-state index in [1.165, 1.54) is 0 Å². The lowest BCUT2D eigenvalue weighted by Gasteiger charge is -0.813. The van der Waals surface area contributed by atoms with E-state index in [0.717, 1.165) is 0 Å². The van der Waals surface area contributed by atoms with E-state index in [1.807, 2.05) is 0 Å². The third-order valence-electron chi connectivity index (χ3n) is 0. The molecule has 1 heteroatoms. The summed E-state index contributed by atoms with van der Waals surface area (Å²) in [5.41, 5.74) is 0. The molecule has 0 amide bonds. The lowest BCUT2D eigenvalue weighted by molar-refractivity contribution is 2.81. The summed E-state index contributed by atoms with van der Waals surface area (Å²) in [5, 5.41) is 0. The van der Waals surface area contributed by atoms with E-state index in [0.29, 0.717) is 0 Å². The lowest BCUT2D eigenvalue weighted by atomic mass is 11.3. The molecule has 0 aromatic carbocycles. The minimum Gasteiger partial charge on any atom is -0.106 e. The van der Waals surface area contributed by atoms with Crippen molar-refractivity contribution in [3.05, 3.63) is 20.6 Å². The topological polar surface area (TPSA) is 0 Å². The molecular formula is C3H4Si. The lowest BCUT2D eigenvalue weighted by Crippen LogP contribution is -0.552. The summed E-state index contributed by atoms with van der Waals surface area (Å²) in [6.07, 6.45) is 0. The first-order valence-corrected chi connectivity index (χ1v) is 0.500. The van der Waals surface area contributed by atoms with Crippen molar-refractivity contribution < 1.29 is 0 Å². The molecule has 0 saturated carbocycles. The fourth-order valence-corrected chi connectivity index (χ4v) is 0. The Labute approximate surface area is 32.6 Å². The van der Waals surface area contributed by atoms with Crippen molar-refractivity contribution in [2.24, 2.45) is 0 Å². The fraction of sp³-hybridized carbons (Fsp3) is 0. The molecule has 0 saturated heterocycles. The summed E-state index contributed by atoms with van der Waals surface area (Å²) in [6.45, 7) is 6.00. The van der Waals surface area contributed by atoms with Crippen LogP contribution in [0, 0.1) is 7.43 Å². The molecule has 0 aromatic rings. The number of hydrogen-bond donors (Lipinski definition) is 0. The molecule has 0 bridgehead atoms. The molecule has 0 atom stereocenters. The summed E-state index contributed by atoms with van der Waals surface area (Å²) in [6, 6.07) is 0. The van der Waals surface area contributed by atoms with Crippen LogP contribution in [0.1, 0.15) is 0 Å². The summed E-state index contributed by atoms with van der Waals surface area (Å²) in [7, 11) is 0. The van der Waals surface area contributed by atoms with Crippen LogP contribution in [0.5, 0.6) is 0 Å². The van der Waals surface area contributed by atoms with Gasteiger partial charge in [0.05, 0.1) is 0 Å². The molecule has 0 fully saturated rings. The van der Waals surface area contributed by atoms with Gasteiger partial charge in [0, 0.05) is 18.4 Å². The van der Waals surface area contributed by atoms with Gasteiger partial charge in [-0.25, -0.2) is 0 Å². The third kappa shape index (κ3) is 964. The van der Waals surface area contributed by atoms with Gasteiger partial charge in [0.25, 0.3) is 0 Å². The quantitative estimate of drug-likeness (QED) is 0.286. The van der Waals surface area contributed by atoms with E-state index in [2.05, 4.69) is 13.2 Å². The highest BCUT2D eigenvalue weighted by Crippen LogP contribution is 0.862.